The first kappa shape index (κ1) is 13.1. The van der Waals surface area contributed by atoms with Gasteiger partial charge in [0.15, 0.2) is 0 Å². The van der Waals surface area contributed by atoms with Crippen LogP contribution in [0, 0.1) is 13.8 Å². The zero-order valence-electron chi connectivity index (χ0n) is 10.7. The summed E-state index contributed by atoms with van der Waals surface area (Å²) in [6.07, 6.45) is 1.02. The average molecular weight is 305 g/mol. The summed E-state index contributed by atoms with van der Waals surface area (Å²) >= 11 is 3.45. The van der Waals surface area contributed by atoms with Crippen molar-refractivity contribution in [2.24, 2.45) is 0 Å². The van der Waals surface area contributed by atoms with E-state index in [4.69, 9.17) is 0 Å². The third-order valence-electron chi connectivity index (χ3n) is 2.98. The highest BCUT2D eigenvalue weighted by Crippen LogP contribution is 2.16. The van der Waals surface area contributed by atoms with E-state index in [0.29, 0.717) is 0 Å². The van der Waals surface area contributed by atoms with E-state index in [1.54, 1.807) is 0 Å². The van der Waals surface area contributed by atoms with Crippen molar-refractivity contribution in [2.75, 3.05) is 11.9 Å². The van der Waals surface area contributed by atoms with Crippen molar-refractivity contribution in [3.05, 3.63) is 57.7 Å². The maximum atomic E-state index is 4.47. The van der Waals surface area contributed by atoms with Crippen molar-refractivity contribution in [3.8, 4) is 0 Å². The predicted octanol–water partition coefficient (Wildman–Crippen LogP) is 4.12. The highest BCUT2D eigenvalue weighted by Gasteiger charge is 2.00. The highest BCUT2D eigenvalue weighted by atomic mass is 79.9. The predicted molar refractivity (Wildman–Crippen MR) is 80.0 cm³/mol. The van der Waals surface area contributed by atoms with Crippen molar-refractivity contribution in [1.82, 2.24) is 4.98 Å². The molecule has 0 saturated carbocycles. The van der Waals surface area contributed by atoms with E-state index in [-0.39, 0.29) is 0 Å². The molecule has 2 nitrogen and oxygen atoms in total. The molecule has 0 aliphatic rings. The van der Waals surface area contributed by atoms with Crippen molar-refractivity contribution in [1.29, 1.82) is 0 Å². The lowest BCUT2D eigenvalue weighted by atomic mass is 10.1. The Morgan fingerprint density at radius 1 is 1.11 bits per heavy atom. The number of hydrogen-bond acceptors (Lipinski definition) is 2. The van der Waals surface area contributed by atoms with Gasteiger partial charge in [-0.3, -0.25) is 0 Å². The smallest absolute Gasteiger partial charge is 0.126 e. The maximum Gasteiger partial charge on any atom is 0.126 e. The van der Waals surface area contributed by atoms with Crippen molar-refractivity contribution >= 4 is 21.7 Å². The Kier molecular flexibility index (Phi) is 4.37. The molecule has 0 radical (unpaired) electrons. The molecule has 0 amide bonds. The molecule has 0 aliphatic carbocycles. The minimum Gasteiger partial charge on any atom is -0.370 e. The minimum absolute atomic E-state index is 0.902. The van der Waals surface area contributed by atoms with Gasteiger partial charge in [0, 0.05) is 11.0 Å². The van der Waals surface area contributed by atoms with Crippen LogP contribution >= 0.6 is 15.9 Å². The van der Waals surface area contributed by atoms with E-state index >= 15 is 0 Å². The van der Waals surface area contributed by atoms with Gasteiger partial charge in [0.05, 0.1) is 5.69 Å². The van der Waals surface area contributed by atoms with Crippen LogP contribution in [-0.2, 0) is 6.42 Å². The van der Waals surface area contributed by atoms with Gasteiger partial charge in [-0.2, -0.15) is 0 Å². The second-order valence-corrected chi connectivity index (χ2v) is 5.22. The van der Waals surface area contributed by atoms with E-state index in [0.717, 1.165) is 29.0 Å². The molecule has 0 saturated heterocycles. The number of nitrogens with one attached hydrogen (secondary N) is 1. The number of pyridine rings is 1. The Labute approximate surface area is 117 Å². The fourth-order valence-corrected chi connectivity index (χ4v) is 2.08. The first-order valence-electron chi connectivity index (χ1n) is 6.08. The molecule has 0 unspecified atom stereocenters. The topological polar surface area (TPSA) is 24.9 Å². The van der Waals surface area contributed by atoms with Crippen LogP contribution in [0.3, 0.4) is 0 Å². The Morgan fingerprint density at radius 2 is 1.89 bits per heavy atom. The third-order valence-corrected chi connectivity index (χ3v) is 3.82. The lowest BCUT2D eigenvalue weighted by Gasteiger charge is -2.08. The second kappa shape index (κ2) is 6.01. The molecule has 94 valence electrons. The fourth-order valence-electron chi connectivity index (χ4n) is 1.86. The number of aryl methyl sites for hydroxylation is 2. The molecule has 2 aromatic rings. The van der Waals surface area contributed by atoms with Gasteiger partial charge in [-0.1, -0.05) is 24.3 Å². The summed E-state index contributed by atoms with van der Waals surface area (Å²) in [7, 11) is 0. The summed E-state index contributed by atoms with van der Waals surface area (Å²) in [6.45, 7) is 5.05. The number of benzene rings is 1. The van der Waals surface area contributed by atoms with E-state index in [1.807, 2.05) is 19.1 Å². The summed E-state index contributed by atoms with van der Waals surface area (Å²) in [5.41, 5.74) is 3.74. The number of aromatic nitrogens is 1. The quantitative estimate of drug-likeness (QED) is 0.919. The van der Waals surface area contributed by atoms with E-state index in [1.165, 1.54) is 11.1 Å². The summed E-state index contributed by atoms with van der Waals surface area (Å²) in [6, 6.07) is 12.5. The third kappa shape index (κ3) is 3.33. The van der Waals surface area contributed by atoms with Gasteiger partial charge < -0.3 is 5.32 Å². The number of hydrogen-bond donors (Lipinski definition) is 1. The monoisotopic (exact) mass is 304 g/mol. The van der Waals surface area contributed by atoms with Crippen LogP contribution in [0.1, 0.15) is 16.8 Å². The van der Waals surface area contributed by atoms with E-state index in [9.17, 15) is 0 Å². The van der Waals surface area contributed by atoms with Gasteiger partial charge in [-0.05, 0) is 59.5 Å². The average Bonchev–Trinajstić information content (AvgIpc) is 2.36. The van der Waals surface area contributed by atoms with E-state index < -0.39 is 0 Å². The molecule has 18 heavy (non-hydrogen) atoms. The van der Waals surface area contributed by atoms with Crippen molar-refractivity contribution in [2.45, 2.75) is 20.3 Å². The molecule has 1 N–H and O–H groups in total. The van der Waals surface area contributed by atoms with Gasteiger partial charge in [0.2, 0.25) is 0 Å². The highest BCUT2D eigenvalue weighted by molar-refractivity contribution is 9.10. The van der Waals surface area contributed by atoms with Crippen LogP contribution in [0.25, 0.3) is 0 Å². The number of nitrogens with zero attached hydrogens (tertiary/aromatic N) is 1. The van der Waals surface area contributed by atoms with Crippen LogP contribution in [0.4, 0.5) is 5.82 Å². The first-order chi connectivity index (χ1) is 8.66. The van der Waals surface area contributed by atoms with E-state index in [2.05, 4.69) is 57.4 Å². The number of anilines is 1. The molecule has 0 fully saturated rings. The largest absolute Gasteiger partial charge is 0.370 e. The lowest BCUT2D eigenvalue weighted by Crippen LogP contribution is -2.07. The van der Waals surface area contributed by atoms with Crippen molar-refractivity contribution < 1.29 is 0 Å². The second-order valence-electron chi connectivity index (χ2n) is 4.37. The summed E-state index contributed by atoms with van der Waals surface area (Å²) in [5, 5.41) is 3.36. The molecule has 1 aromatic heterocycles. The Morgan fingerprint density at radius 3 is 2.61 bits per heavy atom. The van der Waals surface area contributed by atoms with Crippen LogP contribution in [0.2, 0.25) is 0 Å². The van der Waals surface area contributed by atoms with Gasteiger partial charge in [0.1, 0.15) is 5.82 Å². The Hall–Kier alpha value is -1.35. The number of halogens is 1. The number of rotatable bonds is 4. The zero-order valence-corrected chi connectivity index (χ0v) is 12.3. The molecule has 0 aliphatic heterocycles. The molecule has 0 bridgehead atoms. The fraction of sp³-hybridized carbons (Fsp3) is 0.267. The molecular formula is C15H17BrN2. The zero-order chi connectivity index (χ0) is 13.0. The summed E-state index contributed by atoms with van der Waals surface area (Å²) in [5.74, 6) is 0.935. The SMILES string of the molecule is Cc1ccccc1CCNc1ccc(Br)c(C)n1. The molecular weight excluding hydrogens is 288 g/mol. The van der Waals surface area contributed by atoms with Gasteiger partial charge >= 0.3 is 0 Å². The molecule has 0 spiro atoms. The summed E-state index contributed by atoms with van der Waals surface area (Å²) in [4.78, 5) is 4.47. The Bertz CT molecular complexity index is 538. The van der Waals surface area contributed by atoms with Crippen LogP contribution in [0.15, 0.2) is 40.9 Å². The van der Waals surface area contributed by atoms with Crippen LogP contribution < -0.4 is 5.32 Å². The van der Waals surface area contributed by atoms with Crippen LogP contribution in [0.5, 0.6) is 0 Å². The standard InChI is InChI=1S/C15H17BrN2/c1-11-5-3-4-6-13(11)9-10-17-15-8-7-14(16)12(2)18-15/h3-8H,9-10H2,1-2H3,(H,17,18). The molecule has 3 heteroatoms. The normalized spacial score (nSPS) is 10.4. The summed E-state index contributed by atoms with van der Waals surface area (Å²) < 4.78 is 1.05. The van der Waals surface area contributed by atoms with Gasteiger partial charge in [-0.25, -0.2) is 4.98 Å². The van der Waals surface area contributed by atoms with Crippen LogP contribution in [-0.4, -0.2) is 11.5 Å². The first-order valence-corrected chi connectivity index (χ1v) is 6.87. The lowest BCUT2D eigenvalue weighted by molar-refractivity contribution is 0.988. The van der Waals surface area contributed by atoms with Crippen molar-refractivity contribution in [3.63, 3.8) is 0 Å². The van der Waals surface area contributed by atoms with Gasteiger partial charge in [-0.15, -0.1) is 0 Å². The molecule has 0 atom stereocenters. The molecule has 1 heterocycles. The molecule has 2 rings (SSSR count). The maximum absolute atomic E-state index is 4.47. The molecule has 1 aromatic carbocycles. The Balaban J connectivity index is 1.92. The van der Waals surface area contributed by atoms with Gasteiger partial charge in [0.25, 0.3) is 0 Å². The minimum atomic E-state index is 0.902.